The van der Waals surface area contributed by atoms with Crippen molar-refractivity contribution in [1.29, 1.82) is 10.5 Å². The highest BCUT2D eigenvalue weighted by Crippen LogP contribution is 2.81. The maximum absolute atomic E-state index is 13.1. The first-order valence-electron chi connectivity index (χ1n) is 6.53. The fourth-order valence-electron chi connectivity index (χ4n) is 3.68. The Bertz CT molecular complexity index is 744. The molecule has 112 valence electrons. The predicted molar refractivity (Wildman–Crippen MR) is 73.6 cm³/mol. The Balaban J connectivity index is 2.23. The van der Waals surface area contributed by atoms with Gasteiger partial charge in [-0.05, 0) is 17.7 Å². The van der Waals surface area contributed by atoms with Gasteiger partial charge in [0.15, 0.2) is 5.41 Å². The molecule has 0 saturated heterocycles. The third kappa shape index (κ3) is 1.22. The van der Waals surface area contributed by atoms with Gasteiger partial charge in [0, 0.05) is 20.1 Å². The molecule has 0 radical (unpaired) electrons. The van der Waals surface area contributed by atoms with E-state index in [1.54, 1.807) is 0 Å². The number of nitrogens with zero attached hydrogens (tertiary/aromatic N) is 3. The summed E-state index contributed by atoms with van der Waals surface area (Å²) in [4.78, 5) is 4.10. The van der Waals surface area contributed by atoms with Crippen molar-refractivity contribution in [2.75, 3.05) is 14.2 Å². The van der Waals surface area contributed by atoms with E-state index in [2.05, 4.69) is 17.1 Å². The molecule has 0 unspecified atom stereocenters. The number of nitriles is 2. The van der Waals surface area contributed by atoms with E-state index in [9.17, 15) is 14.9 Å². The quantitative estimate of drug-likeness (QED) is 0.846. The number of hydrogen-bond donors (Lipinski definition) is 1. The first kappa shape index (κ1) is 14.5. The number of benzene rings is 1. The first-order valence-corrected chi connectivity index (χ1v) is 6.53. The molecule has 1 aliphatic heterocycles. The molecular formula is C15H13FN4O2. The highest BCUT2D eigenvalue weighted by Gasteiger charge is 2.93. The van der Waals surface area contributed by atoms with Gasteiger partial charge in [-0.2, -0.15) is 10.5 Å². The standard InChI is InChI=1S/C15H13FN4O2/c1-21-15(22-2)14(8-18)11(9-3-5-10(16)6-4-9)13(14,7-17)12(19)20-15/h3-6,11H,1-2H3,(H2,19,20)/t11-,13+,14+/m0/s1. The largest absolute Gasteiger partial charge is 0.386 e. The van der Waals surface area contributed by atoms with Gasteiger partial charge in [0.2, 0.25) is 0 Å². The number of hydrogen-bond acceptors (Lipinski definition) is 6. The van der Waals surface area contributed by atoms with E-state index in [0.717, 1.165) is 0 Å². The second-order valence-corrected chi connectivity index (χ2v) is 5.31. The summed E-state index contributed by atoms with van der Waals surface area (Å²) in [6.07, 6.45) is 0. The van der Waals surface area contributed by atoms with Gasteiger partial charge in [-0.1, -0.05) is 12.1 Å². The number of amidine groups is 1. The van der Waals surface area contributed by atoms with Crippen LogP contribution in [0, 0.1) is 39.3 Å². The third-order valence-electron chi connectivity index (χ3n) is 4.68. The number of methoxy groups -OCH3 is 2. The number of halogens is 1. The van der Waals surface area contributed by atoms with E-state index in [1.165, 1.54) is 38.5 Å². The molecule has 6 nitrogen and oxygen atoms in total. The smallest absolute Gasteiger partial charge is 0.292 e. The Morgan fingerprint density at radius 2 is 1.77 bits per heavy atom. The summed E-state index contributed by atoms with van der Waals surface area (Å²) in [5.74, 6) is -2.67. The fraction of sp³-hybridized carbons (Fsp3) is 0.400. The minimum absolute atomic E-state index is 0.00502. The summed E-state index contributed by atoms with van der Waals surface area (Å²) >= 11 is 0. The Hall–Kier alpha value is -2.48. The topological polar surface area (TPSA) is 104 Å². The van der Waals surface area contributed by atoms with Gasteiger partial charge in [0.1, 0.15) is 17.1 Å². The molecule has 1 aromatic rings. The van der Waals surface area contributed by atoms with E-state index in [4.69, 9.17) is 15.2 Å². The molecule has 3 rings (SSSR count). The third-order valence-corrected chi connectivity index (χ3v) is 4.68. The molecule has 0 bridgehead atoms. The Labute approximate surface area is 126 Å². The average molecular weight is 300 g/mol. The van der Waals surface area contributed by atoms with Crippen LogP contribution in [0.3, 0.4) is 0 Å². The predicted octanol–water partition coefficient (Wildman–Crippen LogP) is 1.26. The van der Waals surface area contributed by atoms with Crippen molar-refractivity contribution >= 4 is 5.84 Å². The second kappa shape index (κ2) is 4.26. The van der Waals surface area contributed by atoms with Crippen molar-refractivity contribution in [3.63, 3.8) is 0 Å². The minimum atomic E-state index is -1.65. The first-order chi connectivity index (χ1) is 10.5. The number of nitrogens with two attached hydrogens (primary N) is 1. The summed E-state index contributed by atoms with van der Waals surface area (Å²) in [5.41, 5.74) is 3.82. The zero-order valence-electron chi connectivity index (χ0n) is 12.0. The average Bonchev–Trinajstić information content (AvgIpc) is 3.11. The Kier molecular flexibility index (Phi) is 2.80. The van der Waals surface area contributed by atoms with Crippen molar-refractivity contribution in [3.05, 3.63) is 35.6 Å². The summed E-state index contributed by atoms with van der Waals surface area (Å²) in [6, 6.07) is 9.84. The van der Waals surface area contributed by atoms with E-state index in [1.807, 2.05) is 0 Å². The molecule has 7 heteroatoms. The zero-order chi connectivity index (χ0) is 16.2. The molecule has 0 spiro atoms. The van der Waals surface area contributed by atoms with Gasteiger partial charge >= 0.3 is 0 Å². The van der Waals surface area contributed by atoms with Gasteiger partial charge in [-0.3, -0.25) is 0 Å². The van der Waals surface area contributed by atoms with E-state index >= 15 is 0 Å². The van der Waals surface area contributed by atoms with Crippen LogP contribution in [0.1, 0.15) is 11.5 Å². The molecule has 1 saturated carbocycles. The van der Waals surface area contributed by atoms with Crippen LogP contribution in [-0.2, 0) is 9.47 Å². The summed E-state index contributed by atoms with van der Waals surface area (Å²) in [6.45, 7) is 0. The van der Waals surface area contributed by atoms with Crippen LogP contribution >= 0.6 is 0 Å². The maximum Gasteiger partial charge on any atom is 0.292 e. The van der Waals surface area contributed by atoms with Crippen LogP contribution in [0.15, 0.2) is 29.3 Å². The van der Waals surface area contributed by atoms with Crippen LogP contribution in [0.2, 0.25) is 0 Å². The summed E-state index contributed by atoms with van der Waals surface area (Å²) in [7, 11) is 2.68. The SMILES string of the molecule is COC1(OC)N=C(N)[C@@]2(C#N)[C@H](c3ccc(F)cc3)[C@@]12C#N. The molecule has 1 fully saturated rings. The lowest BCUT2D eigenvalue weighted by molar-refractivity contribution is -0.230. The second-order valence-electron chi connectivity index (χ2n) is 5.31. The monoisotopic (exact) mass is 300 g/mol. The van der Waals surface area contributed by atoms with E-state index in [0.29, 0.717) is 5.56 Å². The molecular weight excluding hydrogens is 287 g/mol. The van der Waals surface area contributed by atoms with Crippen LogP contribution in [-0.4, -0.2) is 26.0 Å². The van der Waals surface area contributed by atoms with Gasteiger partial charge in [0.25, 0.3) is 5.91 Å². The highest BCUT2D eigenvalue weighted by atomic mass is 19.1. The number of ether oxygens (including phenoxy) is 2. The molecule has 0 aromatic heterocycles. The van der Waals surface area contributed by atoms with E-state index in [-0.39, 0.29) is 5.84 Å². The summed E-state index contributed by atoms with van der Waals surface area (Å²) in [5, 5.41) is 19.5. The molecule has 2 aliphatic rings. The van der Waals surface area contributed by atoms with Crippen LogP contribution in [0.25, 0.3) is 0 Å². The van der Waals surface area contributed by atoms with Crippen molar-refractivity contribution in [3.8, 4) is 12.1 Å². The molecule has 0 amide bonds. The Morgan fingerprint density at radius 1 is 1.18 bits per heavy atom. The van der Waals surface area contributed by atoms with Crippen LogP contribution in [0.4, 0.5) is 4.39 Å². The lowest BCUT2D eigenvalue weighted by atomic mass is 9.93. The Morgan fingerprint density at radius 3 is 2.23 bits per heavy atom. The number of fused-ring (bicyclic) bond motifs is 1. The molecule has 3 atom stereocenters. The van der Waals surface area contributed by atoms with Crippen LogP contribution < -0.4 is 5.73 Å². The molecule has 22 heavy (non-hydrogen) atoms. The molecule has 1 aromatic carbocycles. The van der Waals surface area contributed by atoms with E-state index < -0.39 is 28.5 Å². The zero-order valence-corrected chi connectivity index (χ0v) is 12.0. The molecule has 1 heterocycles. The van der Waals surface area contributed by atoms with Crippen molar-refractivity contribution in [2.45, 2.75) is 11.8 Å². The normalized spacial score (nSPS) is 34.2. The minimum Gasteiger partial charge on any atom is -0.386 e. The van der Waals surface area contributed by atoms with Gasteiger partial charge in [-0.25, -0.2) is 9.38 Å². The fourth-order valence-corrected chi connectivity index (χ4v) is 3.68. The van der Waals surface area contributed by atoms with Crippen molar-refractivity contribution < 1.29 is 13.9 Å². The van der Waals surface area contributed by atoms with Gasteiger partial charge in [0.05, 0.1) is 12.1 Å². The lowest BCUT2D eigenvalue weighted by Crippen LogP contribution is -2.41. The molecule has 2 N–H and O–H groups in total. The maximum atomic E-state index is 13.1. The van der Waals surface area contributed by atoms with Crippen molar-refractivity contribution in [2.24, 2.45) is 21.6 Å². The lowest BCUT2D eigenvalue weighted by Gasteiger charge is -2.29. The van der Waals surface area contributed by atoms with Gasteiger partial charge < -0.3 is 15.2 Å². The van der Waals surface area contributed by atoms with Gasteiger partial charge in [-0.15, -0.1) is 0 Å². The molecule has 1 aliphatic carbocycles. The number of rotatable bonds is 3. The highest BCUT2D eigenvalue weighted by molar-refractivity contribution is 6.00. The summed E-state index contributed by atoms with van der Waals surface area (Å²) < 4.78 is 23.8. The van der Waals surface area contributed by atoms with Crippen molar-refractivity contribution in [1.82, 2.24) is 0 Å². The van der Waals surface area contributed by atoms with Crippen LogP contribution in [0.5, 0.6) is 0 Å². The number of aliphatic imine (C=N–C) groups is 1.